The van der Waals surface area contributed by atoms with Gasteiger partial charge in [-0.15, -0.1) is 0 Å². The fourth-order valence-electron chi connectivity index (χ4n) is 5.47. The van der Waals surface area contributed by atoms with E-state index < -0.39 is 44.3 Å². The third-order valence-electron chi connectivity index (χ3n) is 8.17. The van der Waals surface area contributed by atoms with Gasteiger partial charge in [-0.3, -0.25) is 4.79 Å². The third-order valence-corrected chi connectivity index (χ3v) is 14.4. The molecule has 6 nitrogen and oxygen atoms in total. The fourth-order valence-corrected chi connectivity index (χ4v) is 11.1. The Labute approximate surface area is 372 Å². The zero-order chi connectivity index (χ0) is 41.7. The summed E-state index contributed by atoms with van der Waals surface area (Å²) >= 11 is 0. The van der Waals surface area contributed by atoms with Crippen molar-refractivity contribution in [2.75, 3.05) is 14.2 Å². The number of ether oxygens (including phenoxy) is 2. The molecule has 6 rings (SSSR count). The SMILES string of the molecule is COc1ccccc1P(=O)(c1ccccc1)c1ccccc1.COc1ccccc1P(=O)(c1ccccc1)c1ccccc1.O=C(/C=C(\O)C(F)(F)F)C(F)(F)F.[Eu]. The molecule has 0 spiro atoms. The smallest absolute Gasteiger partial charge is 0.454 e. The minimum Gasteiger partial charge on any atom is -0.504 e. The van der Waals surface area contributed by atoms with Crippen molar-refractivity contribution in [1.82, 2.24) is 0 Å². The quantitative estimate of drug-likeness (QED) is 0.0675. The van der Waals surface area contributed by atoms with Gasteiger partial charge in [-0.05, 0) is 24.3 Å². The second-order valence-electron chi connectivity index (χ2n) is 11.8. The monoisotopic (exact) mass is 977 g/mol. The fraction of sp³-hybridized carbons (Fsp3) is 0.0930. The molecule has 0 bridgehead atoms. The second-order valence-corrected chi connectivity index (χ2v) is 17.3. The molecular weight excluding hydrogens is 940 g/mol. The minimum absolute atomic E-state index is 0. The van der Waals surface area contributed by atoms with E-state index in [9.17, 15) is 40.3 Å². The molecule has 58 heavy (non-hydrogen) atoms. The summed E-state index contributed by atoms with van der Waals surface area (Å²) in [6.07, 6.45) is -11.7. The van der Waals surface area contributed by atoms with Crippen LogP contribution in [0.5, 0.6) is 11.5 Å². The van der Waals surface area contributed by atoms with Crippen molar-refractivity contribution in [1.29, 1.82) is 0 Å². The number of rotatable bonds is 9. The van der Waals surface area contributed by atoms with Crippen molar-refractivity contribution in [3.05, 3.63) is 182 Å². The maximum Gasteiger partial charge on any atom is 0.454 e. The molecule has 0 saturated heterocycles. The van der Waals surface area contributed by atoms with Crippen molar-refractivity contribution in [3.8, 4) is 11.5 Å². The number of carbonyl (C=O) groups is 1. The Morgan fingerprint density at radius 3 is 0.983 bits per heavy atom. The first-order valence-electron chi connectivity index (χ1n) is 16.9. The van der Waals surface area contributed by atoms with Gasteiger partial charge in [-0.25, -0.2) is 0 Å². The molecule has 0 aliphatic carbocycles. The van der Waals surface area contributed by atoms with Gasteiger partial charge in [-0.1, -0.05) is 146 Å². The minimum atomic E-state index is -5.42. The first-order valence-corrected chi connectivity index (χ1v) is 20.3. The molecule has 303 valence electrons. The summed E-state index contributed by atoms with van der Waals surface area (Å²) in [6.45, 7) is 0. The number of benzene rings is 6. The van der Waals surface area contributed by atoms with Gasteiger partial charge in [0.25, 0.3) is 5.78 Å². The number of allylic oxidation sites excluding steroid dienone is 2. The predicted octanol–water partition coefficient (Wildman–Crippen LogP) is 8.79. The van der Waals surface area contributed by atoms with E-state index in [4.69, 9.17) is 14.6 Å². The number of carbonyl (C=O) groups excluding carboxylic acids is 1. The molecule has 0 aromatic heterocycles. The summed E-state index contributed by atoms with van der Waals surface area (Å²) in [5.74, 6) is -4.03. The van der Waals surface area contributed by atoms with Gasteiger partial charge in [0.05, 0.1) is 24.8 Å². The molecule has 15 heteroatoms. The van der Waals surface area contributed by atoms with Gasteiger partial charge in [-0.2, -0.15) is 26.3 Å². The average Bonchev–Trinajstić information content (AvgIpc) is 3.24. The number of aliphatic hydroxyl groups is 1. The van der Waals surface area contributed by atoms with E-state index in [0.717, 1.165) is 31.8 Å². The largest absolute Gasteiger partial charge is 0.504 e. The number of methoxy groups -OCH3 is 2. The summed E-state index contributed by atoms with van der Waals surface area (Å²) in [5, 5.41) is 12.6. The summed E-state index contributed by atoms with van der Waals surface area (Å²) < 4.78 is 107. The molecule has 0 heterocycles. The van der Waals surface area contributed by atoms with Crippen LogP contribution in [0.1, 0.15) is 0 Å². The zero-order valence-electron chi connectivity index (χ0n) is 30.8. The Bertz CT molecular complexity index is 2120. The molecule has 0 aliphatic heterocycles. The molecule has 0 atom stereocenters. The van der Waals surface area contributed by atoms with Crippen LogP contribution in [-0.4, -0.2) is 37.5 Å². The summed E-state index contributed by atoms with van der Waals surface area (Å²) in [7, 11) is -2.69. The summed E-state index contributed by atoms with van der Waals surface area (Å²) in [4.78, 5) is 9.86. The molecule has 0 unspecified atom stereocenters. The van der Waals surface area contributed by atoms with E-state index in [0.29, 0.717) is 11.5 Å². The number of para-hydroxylation sites is 2. The summed E-state index contributed by atoms with van der Waals surface area (Å²) in [6, 6.07) is 53.5. The number of halogens is 6. The van der Waals surface area contributed by atoms with E-state index in [1.54, 1.807) is 14.2 Å². The Balaban J connectivity index is 0.000000240. The van der Waals surface area contributed by atoms with Gasteiger partial charge in [0, 0.05) is 76.7 Å². The van der Waals surface area contributed by atoms with Crippen LogP contribution in [0.3, 0.4) is 0 Å². The standard InChI is InChI=1S/2C19H17O2P.C5H2F6O2.Eu/c2*1-21-18-14-8-9-15-19(18)22(20,16-10-4-2-5-11-16)17-12-6-3-7-13-17;6-4(7,8)2(12)1-3(13)5(9,10)11;/h2*2-15H,1H3;1,12H;/b;;2-1-;. The first kappa shape index (κ1) is 48.1. The maximum atomic E-state index is 14.1. The molecular formula is C43H36EuF6O6P2. The Morgan fingerprint density at radius 2 is 0.741 bits per heavy atom. The first-order chi connectivity index (χ1) is 27.1. The molecule has 0 saturated carbocycles. The van der Waals surface area contributed by atoms with Crippen molar-refractivity contribution in [2.24, 2.45) is 0 Å². The molecule has 1 N–H and O–H groups in total. The van der Waals surface area contributed by atoms with E-state index in [-0.39, 0.29) is 49.4 Å². The molecule has 0 amide bonds. The van der Waals surface area contributed by atoms with Crippen LogP contribution in [0.25, 0.3) is 0 Å². The normalized spacial score (nSPS) is 11.7. The van der Waals surface area contributed by atoms with Crippen molar-refractivity contribution in [2.45, 2.75) is 12.4 Å². The summed E-state index contributed by atoms with van der Waals surface area (Å²) in [5.41, 5.74) is 0. The molecule has 0 fully saturated rings. The number of alkyl halides is 6. The van der Waals surface area contributed by atoms with Crippen LogP contribution < -0.4 is 41.3 Å². The van der Waals surface area contributed by atoms with Crippen LogP contribution in [0, 0.1) is 49.4 Å². The van der Waals surface area contributed by atoms with Gasteiger partial charge >= 0.3 is 12.4 Å². The van der Waals surface area contributed by atoms with Gasteiger partial charge in [0.1, 0.15) is 11.5 Å². The van der Waals surface area contributed by atoms with E-state index in [1.165, 1.54) is 0 Å². The predicted molar refractivity (Wildman–Crippen MR) is 213 cm³/mol. The average molecular weight is 977 g/mol. The van der Waals surface area contributed by atoms with Gasteiger partial charge in [0.15, 0.2) is 14.3 Å². The molecule has 6 aromatic rings. The molecule has 0 aliphatic rings. The van der Waals surface area contributed by atoms with Crippen LogP contribution >= 0.6 is 14.3 Å². The van der Waals surface area contributed by atoms with E-state index in [1.807, 2.05) is 170 Å². The van der Waals surface area contributed by atoms with Crippen molar-refractivity contribution >= 4 is 51.9 Å². The van der Waals surface area contributed by atoms with Crippen LogP contribution in [-0.2, 0) is 13.9 Å². The zero-order valence-corrected chi connectivity index (χ0v) is 35.0. The topological polar surface area (TPSA) is 89.9 Å². The number of hydrogen-bond acceptors (Lipinski definition) is 6. The van der Waals surface area contributed by atoms with Crippen LogP contribution in [0.2, 0.25) is 0 Å². The number of ketones is 1. The van der Waals surface area contributed by atoms with Gasteiger partial charge in [0.2, 0.25) is 5.76 Å². The number of aliphatic hydroxyl groups excluding tert-OH is 1. The second kappa shape index (κ2) is 21.7. The Hall–Kier alpha value is -4.25. The number of hydrogen-bond donors (Lipinski definition) is 1. The Morgan fingerprint density at radius 1 is 0.483 bits per heavy atom. The van der Waals surface area contributed by atoms with Crippen molar-refractivity contribution < 1.29 is 104 Å². The molecule has 6 aromatic carbocycles. The Kier molecular flexibility index (Phi) is 18.0. The van der Waals surface area contributed by atoms with Crippen LogP contribution in [0.15, 0.2) is 182 Å². The third kappa shape index (κ3) is 11.9. The van der Waals surface area contributed by atoms with E-state index in [2.05, 4.69) is 0 Å². The van der Waals surface area contributed by atoms with Crippen LogP contribution in [0.4, 0.5) is 26.3 Å². The van der Waals surface area contributed by atoms with Crippen molar-refractivity contribution in [3.63, 3.8) is 0 Å². The van der Waals surface area contributed by atoms with Gasteiger partial charge < -0.3 is 23.7 Å². The van der Waals surface area contributed by atoms with E-state index >= 15 is 0 Å². The maximum absolute atomic E-state index is 14.1. The molecule has 1 radical (unpaired) electrons.